The fourth-order valence-corrected chi connectivity index (χ4v) is 3.76. The second-order valence-electron chi connectivity index (χ2n) is 4.88. The van der Waals surface area contributed by atoms with Crippen LogP contribution < -0.4 is 0 Å². The van der Waals surface area contributed by atoms with E-state index in [-0.39, 0.29) is 0 Å². The third-order valence-corrected chi connectivity index (χ3v) is 4.05. The molecule has 19 heavy (non-hydrogen) atoms. The summed E-state index contributed by atoms with van der Waals surface area (Å²) >= 11 is 2.84. The molecular weight excluding hydrogens is 272 g/mol. The van der Waals surface area contributed by atoms with Crippen LogP contribution >= 0.6 is 24.1 Å². The fraction of sp³-hybridized carbons (Fsp3) is 0.250. The summed E-state index contributed by atoms with van der Waals surface area (Å²) in [5.74, 6) is 0. The van der Waals surface area contributed by atoms with Gasteiger partial charge in [-0.2, -0.15) is 0 Å². The van der Waals surface area contributed by atoms with Crippen molar-refractivity contribution in [2.24, 2.45) is 0 Å². The molecule has 0 saturated carbocycles. The number of benzene rings is 2. The zero-order valence-corrected chi connectivity index (χ0v) is 13.3. The van der Waals surface area contributed by atoms with Crippen LogP contribution in [0, 0.1) is 27.7 Å². The summed E-state index contributed by atoms with van der Waals surface area (Å²) in [6.45, 7) is 8.42. The van der Waals surface area contributed by atoms with Gasteiger partial charge in [-0.3, -0.25) is 0 Å². The molecule has 1 nitrogen and oxygen atoms in total. The monoisotopic (exact) mass is 290 g/mol. The number of aryl methyl sites for hydroxylation is 4. The Hall–Kier alpha value is -0.900. The lowest BCUT2D eigenvalue weighted by molar-refractivity contribution is 0.756. The van der Waals surface area contributed by atoms with E-state index in [1.165, 1.54) is 46.3 Å². The van der Waals surface area contributed by atoms with E-state index in [1.807, 2.05) is 0 Å². The van der Waals surface area contributed by atoms with Crippen molar-refractivity contribution in [2.45, 2.75) is 37.5 Å². The van der Waals surface area contributed by atoms with Gasteiger partial charge in [0.15, 0.2) is 0 Å². The minimum atomic E-state index is 1.15. The van der Waals surface area contributed by atoms with E-state index in [9.17, 15) is 0 Å². The predicted octanol–water partition coefficient (Wildman–Crippen LogP) is 5.65. The van der Waals surface area contributed by atoms with Crippen LogP contribution in [0.5, 0.6) is 0 Å². The van der Waals surface area contributed by atoms with Crippen LogP contribution in [0.15, 0.2) is 46.2 Å². The van der Waals surface area contributed by atoms with Crippen LogP contribution in [0.3, 0.4) is 0 Å². The van der Waals surface area contributed by atoms with Crippen molar-refractivity contribution >= 4 is 24.1 Å². The predicted molar refractivity (Wildman–Crippen MR) is 84.6 cm³/mol. The second-order valence-corrected chi connectivity index (χ2v) is 6.70. The van der Waals surface area contributed by atoms with Crippen molar-refractivity contribution < 1.29 is 3.63 Å². The normalized spacial score (nSPS) is 10.7. The van der Waals surface area contributed by atoms with Gasteiger partial charge in [-0.25, -0.2) is 3.63 Å². The van der Waals surface area contributed by atoms with E-state index in [1.54, 1.807) is 0 Å². The van der Waals surface area contributed by atoms with Gasteiger partial charge in [-0.1, -0.05) is 12.1 Å². The van der Waals surface area contributed by atoms with Crippen LogP contribution in [0.2, 0.25) is 0 Å². The van der Waals surface area contributed by atoms with Gasteiger partial charge >= 0.3 is 0 Å². The first-order valence-electron chi connectivity index (χ1n) is 6.21. The van der Waals surface area contributed by atoms with Crippen LogP contribution in [-0.2, 0) is 3.63 Å². The molecule has 0 heterocycles. The molecule has 0 aliphatic rings. The summed E-state index contributed by atoms with van der Waals surface area (Å²) < 4.78 is 5.66. The van der Waals surface area contributed by atoms with E-state index in [2.05, 4.69) is 64.1 Å². The van der Waals surface area contributed by atoms with Crippen molar-refractivity contribution in [2.75, 3.05) is 0 Å². The van der Waals surface area contributed by atoms with Crippen molar-refractivity contribution in [1.29, 1.82) is 0 Å². The molecule has 3 heteroatoms. The van der Waals surface area contributed by atoms with Gasteiger partial charge in [0, 0.05) is 33.9 Å². The van der Waals surface area contributed by atoms with E-state index < -0.39 is 0 Å². The zero-order valence-electron chi connectivity index (χ0n) is 11.7. The molecule has 2 aromatic rings. The maximum atomic E-state index is 5.66. The molecule has 100 valence electrons. The lowest BCUT2D eigenvalue weighted by Gasteiger charge is -2.05. The Morgan fingerprint density at radius 2 is 0.895 bits per heavy atom. The maximum absolute atomic E-state index is 5.66. The van der Waals surface area contributed by atoms with Gasteiger partial charge in [0.05, 0.1) is 0 Å². The zero-order chi connectivity index (χ0) is 13.8. The van der Waals surface area contributed by atoms with Gasteiger partial charge in [-0.05, 0) is 74.2 Å². The van der Waals surface area contributed by atoms with Crippen LogP contribution in [0.25, 0.3) is 0 Å². The van der Waals surface area contributed by atoms with Crippen molar-refractivity contribution in [1.82, 2.24) is 0 Å². The topological polar surface area (TPSA) is 9.23 Å². The summed E-state index contributed by atoms with van der Waals surface area (Å²) in [4.78, 5) is 2.30. The van der Waals surface area contributed by atoms with Gasteiger partial charge in [0.1, 0.15) is 0 Å². The first-order chi connectivity index (χ1) is 9.02. The summed E-state index contributed by atoms with van der Waals surface area (Å²) in [6, 6.07) is 12.9. The lowest BCUT2D eigenvalue weighted by atomic mass is 10.2. The highest BCUT2D eigenvalue weighted by atomic mass is 32.2. The number of hydrogen-bond donors (Lipinski definition) is 0. The van der Waals surface area contributed by atoms with Crippen LogP contribution in [-0.4, -0.2) is 0 Å². The molecule has 0 spiro atoms. The van der Waals surface area contributed by atoms with E-state index in [4.69, 9.17) is 3.63 Å². The van der Waals surface area contributed by atoms with E-state index in [0.717, 1.165) is 9.79 Å². The first-order valence-corrected chi connectivity index (χ1v) is 7.69. The molecule has 2 aromatic carbocycles. The molecule has 2 rings (SSSR count). The summed E-state index contributed by atoms with van der Waals surface area (Å²) in [6.07, 6.45) is 0. The third-order valence-electron chi connectivity index (χ3n) is 2.65. The van der Waals surface area contributed by atoms with Gasteiger partial charge in [0.2, 0.25) is 0 Å². The van der Waals surface area contributed by atoms with Crippen molar-refractivity contribution in [3.05, 3.63) is 58.7 Å². The quantitative estimate of drug-likeness (QED) is 0.673. The molecule has 0 atom stereocenters. The summed E-state index contributed by atoms with van der Waals surface area (Å²) in [5.41, 5.74) is 5.06. The van der Waals surface area contributed by atoms with Crippen LogP contribution in [0.4, 0.5) is 0 Å². The van der Waals surface area contributed by atoms with E-state index >= 15 is 0 Å². The molecule has 0 saturated heterocycles. The molecule has 0 bridgehead atoms. The van der Waals surface area contributed by atoms with Gasteiger partial charge < -0.3 is 0 Å². The highest BCUT2D eigenvalue weighted by molar-refractivity contribution is 8.07. The molecule has 0 N–H and O–H groups in total. The van der Waals surface area contributed by atoms with E-state index in [0.29, 0.717) is 0 Å². The molecule has 0 radical (unpaired) electrons. The Bertz CT molecular complexity index is 487. The SMILES string of the molecule is Cc1cc(C)cc(SOSc2cc(C)cc(C)c2)c1. The average molecular weight is 290 g/mol. The number of rotatable bonds is 4. The lowest BCUT2D eigenvalue weighted by Crippen LogP contribution is -1.81. The third kappa shape index (κ3) is 4.60. The molecule has 0 aromatic heterocycles. The Morgan fingerprint density at radius 1 is 0.579 bits per heavy atom. The minimum Gasteiger partial charge on any atom is -0.237 e. The van der Waals surface area contributed by atoms with Crippen LogP contribution in [0.1, 0.15) is 22.3 Å². The molecular formula is C16H18OS2. The summed E-state index contributed by atoms with van der Waals surface area (Å²) in [7, 11) is 0. The Morgan fingerprint density at radius 3 is 1.21 bits per heavy atom. The molecule has 0 amide bonds. The smallest absolute Gasteiger partial charge is 0.0448 e. The minimum absolute atomic E-state index is 1.15. The number of hydrogen-bond acceptors (Lipinski definition) is 3. The highest BCUT2D eigenvalue weighted by Gasteiger charge is 2.01. The maximum Gasteiger partial charge on any atom is 0.0448 e. The Kier molecular flexibility index (Phi) is 4.97. The summed E-state index contributed by atoms with van der Waals surface area (Å²) in [5, 5.41) is 0. The van der Waals surface area contributed by atoms with Gasteiger partial charge in [0.25, 0.3) is 0 Å². The van der Waals surface area contributed by atoms with Gasteiger partial charge in [-0.15, -0.1) is 0 Å². The molecule has 0 unspecified atom stereocenters. The second kappa shape index (κ2) is 6.51. The molecule has 0 aliphatic carbocycles. The first kappa shape index (κ1) is 14.5. The molecule has 0 aliphatic heterocycles. The largest absolute Gasteiger partial charge is 0.237 e. The standard InChI is InChI=1S/C16H18OS2/c1-11-5-12(2)8-15(7-11)18-17-19-16-9-13(3)6-14(4)10-16/h5-10H,1-4H3. The highest BCUT2D eigenvalue weighted by Crippen LogP contribution is 2.31. The molecule has 0 fully saturated rings. The van der Waals surface area contributed by atoms with Crippen molar-refractivity contribution in [3.8, 4) is 0 Å². The van der Waals surface area contributed by atoms with Crippen molar-refractivity contribution in [3.63, 3.8) is 0 Å². The Labute approximate surface area is 124 Å². The average Bonchev–Trinajstić information content (AvgIpc) is 2.26. The Balaban J connectivity index is 1.96. The fourth-order valence-electron chi connectivity index (χ4n) is 2.06.